The Hall–Kier alpha value is -2.77. The summed E-state index contributed by atoms with van der Waals surface area (Å²) in [5, 5.41) is 14.6. The molecule has 7 heteroatoms. The van der Waals surface area contributed by atoms with Gasteiger partial charge in [-0.2, -0.15) is 0 Å². The molecule has 7 nitrogen and oxygen atoms in total. The van der Waals surface area contributed by atoms with Crippen LogP contribution in [0.25, 0.3) is 10.8 Å². The van der Waals surface area contributed by atoms with E-state index in [4.69, 9.17) is 4.74 Å². The number of hydrogen-bond donors (Lipinski definition) is 1. The van der Waals surface area contributed by atoms with Gasteiger partial charge in [-0.1, -0.05) is 56.3 Å². The van der Waals surface area contributed by atoms with Gasteiger partial charge in [0.05, 0.1) is 6.04 Å². The van der Waals surface area contributed by atoms with Crippen molar-refractivity contribution >= 4 is 16.7 Å². The van der Waals surface area contributed by atoms with Crippen LogP contribution in [0.2, 0.25) is 0 Å². The third kappa shape index (κ3) is 4.78. The standard InChI is InChI=1S/C24H31N5O2/c1-17(2)23(25-22(30)16-31-3)24-27-26-21-11-12-28(13-14-29(21)24)15-19-9-6-8-18-7-4-5-10-20(18)19/h4-10,17,23H,11-16H2,1-3H3,(H,25,30)/t23-/m1/s1. The average molecular weight is 422 g/mol. The molecule has 1 aromatic heterocycles. The fourth-order valence-corrected chi connectivity index (χ4v) is 4.32. The Bertz CT molecular complexity index is 1040. The summed E-state index contributed by atoms with van der Waals surface area (Å²) < 4.78 is 7.17. The van der Waals surface area contributed by atoms with Crippen molar-refractivity contribution in [1.82, 2.24) is 25.0 Å². The largest absolute Gasteiger partial charge is 0.375 e. The Labute approximate surface area is 183 Å². The topological polar surface area (TPSA) is 72.3 Å². The van der Waals surface area contributed by atoms with E-state index in [1.54, 1.807) is 0 Å². The molecule has 0 saturated carbocycles. The lowest BCUT2D eigenvalue weighted by Crippen LogP contribution is -2.36. The van der Waals surface area contributed by atoms with Gasteiger partial charge in [0.2, 0.25) is 5.91 Å². The van der Waals surface area contributed by atoms with Gasteiger partial charge in [-0.05, 0) is 22.3 Å². The van der Waals surface area contributed by atoms with Gasteiger partial charge in [0, 0.05) is 39.7 Å². The summed E-state index contributed by atoms with van der Waals surface area (Å²) in [5.74, 6) is 1.89. The molecule has 1 N–H and O–H groups in total. The predicted octanol–water partition coefficient (Wildman–Crippen LogP) is 2.95. The lowest BCUT2D eigenvalue weighted by Gasteiger charge is -2.23. The Kier molecular flexibility index (Phi) is 6.63. The first-order valence-electron chi connectivity index (χ1n) is 11.0. The summed E-state index contributed by atoms with van der Waals surface area (Å²) in [5.41, 5.74) is 1.35. The van der Waals surface area contributed by atoms with Crippen molar-refractivity contribution in [1.29, 1.82) is 0 Å². The van der Waals surface area contributed by atoms with Crippen LogP contribution in [0.3, 0.4) is 0 Å². The van der Waals surface area contributed by atoms with Crippen molar-refractivity contribution in [2.45, 2.75) is 39.4 Å². The summed E-state index contributed by atoms with van der Waals surface area (Å²) in [6, 6.07) is 14.9. The number of nitrogens with zero attached hydrogens (tertiary/aromatic N) is 4. The molecule has 31 heavy (non-hydrogen) atoms. The van der Waals surface area contributed by atoms with E-state index in [-0.39, 0.29) is 24.5 Å². The summed E-state index contributed by atoms with van der Waals surface area (Å²) >= 11 is 0. The van der Waals surface area contributed by atoms with Crippen LogP contribution in [0.4, 0.5) is 0 Å². The molecule has 3 aromatic rings. The minimum Gasteiger partial charge on any atom is -0.375 e. The summed E-state index contributed by atoms with van der Waals surface area (Å²) in [7, 11) is 1.53. The Morgan fingerprint density at radius 1 is 1.10 bits per heavy atom. The molecular weight excluding hydrogens is 390 g/mol. The van der Waals surface area contributed by atoms with E-state index >= 15 is 0 Å². The van der Waals surface area contributed by atoms with Crippen LogP contribution in [0, 0.1) is 5.92 Å². The van der Waals surface area contributed by atoms with Crippen molar-refractivity contribution in [2.75, 3.05) is 26.8 Å². The summed E-state index contributed by atoms with van der Waals surface area (Å²) in [4.78, 5) is 14.6. The highest BCUT2D eigenvalue weighted by Gasteiger charge is 2.27. The number of hydrogen-bond acceptors (Lipinski definition) is 5. The molecule has 1 atom stereocenters. The highest BCUT2D eigenvalue weighted by molar-refractivity contribution is 5.85. The zero-order valence-corrected chi connectivity index (χ0v) is 18.5. The van der Waals surface area contributed by atoms with Gasteiger partial charge in [0.1, 0.15) is 12.4 Å². The first kappa shape index (κ1) is 21.5. The van der Waals surface area contributed by atoms with Gasteiger partial charge in [-0.25, -0.2) is 0 Å². The van der Waals surface area contributed by atoms with Crippen LogP contribution in [0.15, 0.2) is 42.5 Å². The second-order valence-electron chi connectivity index (χ2n) is 8.51. The Balaban J connectivity index is 1.50. The molecule has 1 aliphatic rings. The maximum Gasteiger partial charge on any atom is 0.246 e. The minimum absolute atomic E-state index is 0.0447. The van der Waals surface area contributed by atoms with Crippen LogP contribution in [-0.4, -0.2) is 52.4 Å². The zero-order chi connectivity index (χ0) is 21.8. The molecule has 0 aliphatic carbocycles. The number of nitrogens with one attached hydrogen (secondary N) is 1. The van der Waals surface area contributed by atoms with E-state index in [0.717, 1.165) is 44.2 Å². The fraction of sp³-hybridized carbons (Fsp3) is 0.458. The zero-order valence-electron chi connectivity index (χ0n) is 18.5. The van der Waals surface area contributed by atoms with E-state index in [2.05, 4.69) is 81.3 Å². The molecule has 164 valence electrons. The molecular formula is C24H31N5O2. The van der Waals surface area contributed by atoms with Crippen LogP contribution < -0.4 is 5.32 Å². The SMILES string of the molecule is COCC(=O)N[C@@H](c1nnc2n1CCN(Cc1cccc3ccccc13)CC2)C(C)C. The molecule has 2 heterocycles. The smallest absolute Gasteiger partial charge is 0.246 e. The normalized spacial score (nSPS) is 15.6. The predicted molar refractivity (Wildman–Crippen MR) is 121 cm³/mol. The van der Waals surface area contributed by atoms with E-state index in [1.807, 2.05) is 0 Å². The lowest BCUT2D eigenvalue weighted by atomic mass is 10.0. The lowest BCUT2D eigenvalue weighted by molar-refractivity contribution is -0.125. The third-order valence-corrected chi connectivity index (χ3v) is 5.96. The summed E-state index contributed by atoms with van der Waals surface area (Å²) in [6.07, 6.45) is 0.842. The van der Waals surface area contributed by atoms with Gasteiger partial charge < -0.3 is 14.6 Å². The number of rotatable bonds is 7. The van der Waals surface area contributed by atoms with Gasteiger partial charge in [-0.3, -0.25) is 9.69 Å². The minimum atomic E-state index is -0.187. The second kappa shape index (κ2) is 9.58. The maximum atomic E-state index is 12.1. The van der Waals surface area contributed by atoms with Crippen LogP contribution >= 0.6 is 0 Å². The molecule has 4 rings (SSSR count). The van der Waals surface area contributed by atoms with Crippen LogP contribution in [-0.2, 0) is 29.0 Å². The first-order valence-corrected chi connectivity index (χ1v) is 11.0. The van der Waals surface area contributed by atoms with E-state index in [1.165, 1.54) is 23.4 Å². The Morgan fingerprint density at radius 3 is 2.71 bits per heavy atom. The van der Waals surface area contributed by atoms with Crippen molar-refractivity contribution in [3.05, 3.63) is 59.7 Å². The third-order valence-electron chi connectivity index (χ3n) is 5.96. The molecule has 0 saturated heterocycles. The second-order valence-corrected chi connectivity index (χ2v) is 8.51. The molecule has 2 aromatic carbocycles. The van der Waals surface area contributed by atoms with Crippen molar-refractivity contribution in [3.63, 3.8) is 0 Å². The number of amides is 1. The van der Waals surface area contributed by atoms with E-state index < -0.39 is 0 Å². The molecule has 1 amide bonds. The van der Waals surface area contributed by atoms with Gasteiger partial charge in [0.25, 0.3) is 0 Å². The number of benzene rings is 2. The molecule has 0 fully saturated rings. The van der Waals surface area contributed by atoms with Crippen molar-refractivity contribution in [2.24, 2.45) is 5.92 Å². The van der Waals surface area contributed by atoms with E-state index in [0.29, 0.717) is 0 Å². The quantitative estimate of drug-likeness (QED) is 0.635. The number of carbonyl (C=O) groups excluding carboxylic acids is 1. The van der Waals surface area contributed by atoms with Crippen LogP contribution in [0.1, 0.15) is 37.1 Å². The van der Waals surface area contributed by atoms with Gasteiger partial charge >= 0.3 is 0 Å². The maximum absolute atomic E-state index is 12.1. The number of aromatic nitrogens is 3. The van der Waals surface area contributed by atoms with Crippen molar-refractivity contribution < 1.29 is 9.53 Å². The molecule has 0 spiro atoms. The molecule has 1 aliphatic heterocycles. The number of methoxy groups -OCH3 is 1. The highest BCUT2D eigenvalue weighted by atomic mass is 16.5. The number of ether oxygens (including phenoxy) is 1. The van der Waals surface area contributed by atoms with Gasteiger partial charge in [-0.15, -0.1) is 10.2 Å². The number of carbonyl (C=O) groups is 1. The molecule has 0 unspecified atom stereocenters. The monoisotopic (exact) mass is 421 g/mol. The van der Waals surface area contributed by atoms with Gasteiger partial charge in [0.15, 0.2) is 5.82 Å². The molecule has 0 bridgehead atoms. The summed E-state index contributed by atoms with van der Waals surface area (Å²) in [6.45, 7) is 7.79. The molecule has 0 radical (unpaired) electrons. The highest BCUT2D eigenvalue weighted by Crippen LogP contribution is 2.24. The van der Waals surface area contributed by atoms with Crippen molar-refractivity contribution in [3.8, 4) is 0 Å². The van der Waals surface area contributed by atoms with Crippen LogP contribution in [0.5, 0.6) is 0 Å². The number of fused-ring (bicyclic) bond motifs is 2. The Morgan fingerprint density at radius 2 is 1.90 bits per heavy atom. The van der Waals surface area contributed by atoms with E-state index in [9.17, 15) is 4.79 Å². The average Bonchev–Trinajstić information content (AvgIpc) is 3.05. The first-order chi connectivity index (χ1) is 15.1. The fourth-order valence-electron chi connectivity index (χ4n) is 4.32.